The summed E-state index contributed by atoms with van der Waals surface area (Å²) in [6.45, 7) is 4.56. The number of amidine groups is 1. The van der Waals surface area contributed by atoms with Gasteiger partial charge in [-0.05, 0) is 20.8 Å². The maximum atomic E-state index is 12.2. The molecule has 2 fully saturated rings. The van der Waals surface area contributed by atoms with Crippen molar-refractivity contribution in [1.82, 2.24) is 15.5 Å². The number of carbonyl (C=O) groups excluding carboxylic acids is 3. The minimum absolute atomic E-state index is 0.182. The molecule has 2 heterocycles. The fourth-order valence-corrected chi connectivity index (χ4v) is 4.43. The summed E-state index contributed by atoms with van der Waals surface area (Å²) in [5, 5.41) is 13.8. The summed E-state index contributed by atoms with van der Waals surface area (Å²) in [4.78, 5) is 52.0. The van der Waals surface area contributed by atoms with Gasteiger partial charge in [-0.25, -0.2) is 4.79 Å². The second-order valence-corrected chi connectivity index (χ2v) is 8.15. The largest absolute Gasteiger partial charge is 0.480 e. The summed E-state index contributed by atoms with van der Waals surface area (Å²) in [7, 11) is 0. The smallest absolute Gasteiger partial charge is 0.327 e. The number of rotatable bonds is 6. The Balaban J connectivity index is 1.87. The number of thioether (sulfide) groups is 1. The number of carboxylic acids is 1. The van der Waals surface area contributed by atoms with E-state index in [0.717, 1.165) is 0 Å². The Bertz CT molecular complexity index is 646. The van der Waals surface area contributed by atoms with Gasteiger partial charge < -0.3 is 26.4 Å². The molecule has 25 heavy (non-hydrogen) atoms. The summed E-state index contributed by atoms with van der Waals surface area (Å²) in [5.41, 5.74) is 5.31. The Morgan fingerprint density at radius 2 is 2.00 bits per heavy atom. The van der Waals surface area contributed by atoms with E-state index in [-0.39, 0.29) is 18.9 Å². The fraction of sp³-hybridized carbons (Fsp3) is 0.643. The van der Waals surface area contributed by atoms with Gasteiger partial charge in [0.1, 0.15) is 24.0 Å². The van der Waals surface area contributed by atoms with Crippen LogP contribution in [-0.2, 0) is 19.2 Å². The topological polar surface area (TPSA) is 154 Å². The summed E-state index contributed by atoms with van der Waals surface area (Å²) < 4.78 is -0.655. The molecule has 10 nitrogen and oxygen atoms in total. The third-order valence-electron chi connectivity index (χ3n) is 3.91. The zero-order valence-corrected chi connectivity index (χ0v) is 14.9. The maximum absolute atomic E-state index is 12.2. The van der Waals surface area contributed by atoms with Gasteiger partial charge in [0.2, 0.25) is 17.7 Å². The summed E-state index contributed by atoms with van der Waals surface area (Å²) in [6.07, 6.45) is 0. The zero-order chi connectivity index (χ0) is 18.9. The molecular weight excluding hydrogens is 350 g/mol. The monoisotopic (exact) mass is 371 g/mol. The SMILES string of the molecule is CC(N)=NCC(=O)NCC(=O)NC1C(=O)N2[C@@H]1SC(C)(C)[C@@H]2C(=O)O. The number of hydrogen-bond acceptors (Lipinski definition) is 6. The average Bonchev–Trinajstić information content (AvgIpc) is 2.76. The lowest BCUT2D eigenvalue weighted by Gasteiger charge is -2.43. The molecule has 0 saturated carbocycles. The molecule has 2 aliphatic heterocycles. The highest BCUT2D eigenvalue weighted by atomic mass is 32.2. The van der Waals surface area contributed by atoms with Gasteiger partial charge >= 0.3 is 5.97 Å². The number of nitrogens with zero attached hydrogens (tertiary/aromatic N) is 2. The minimum atomic E-state index is -1.07. The molecule has 1 unspecified atom stereocenters. The first kappa shape index (κ1) is 19.0. The van der Waals surface area contributed by atoms with Crippen LogP contribution in [0.3, 0.4) is 0 Å². The quantitative estimate of drug-likeness (QED) is 0.242. The second-order valence-electron chi connectivity index (χ2n) is 6.38. The number of aliphatic imine (C=N–C) groups is 1. The average molecular weight is 371 g/mol. The molecule has 0 aromatic carbocycles. The van der Waals surface area contributed by atoms with Gasteiger partial charge in [-0.2, -0.15) is 0 Å². The molecule has 0 aromatic heterocycles. The van der Waals surface area contributed by atoms with Crippen LogP contribution in [0.15, 0.2) is 4.99 Å². The van der Waals surface area contributed by atoms with Crippen LogP contribution in [-0.4, -0.2) is 74.8 Å². The molecule has 0 aliphatic carbocycles. The highest BCUT2D eigenvalue weighted by Crippen LogP contribution is 2.50. The van der Waals surface area contributed by atoms with Gasteiger partial charge in [0.15, 0.2) is 0 Å². The first-order chi connectivity index (χ1) is 11.5. The van der Waals surface area contributed by atoms with Crippen molar-refractivity contribution in [2.45, 2.75) is 43.0 Å². The van der Waals surface area contributed by atoms with Gasteiger partial charge in [-0.1, -0.05) is 0 Å². The van der Waals surface area contributed by atoms with Crippen LogP contribution < -0.4 is 16.4 Å². The number of amides is 3. The van der Waals surface area contributed by atoms with Crippen molar-refractivity contribution in [2.24, 2.45) is 10.7 Å². The van der Waals surface area contributed by atoms with E-state index in [1.807, 2.05) is 0 Å². The van der Waals surface area contributed by atoms with E-state index in [2.05, 4.69) is 15.6 Å². The second kappa shape index (κ2) is 6.90. The number of carboxylic acid groups (broad SMARTS) is 1. The molecule has 11 heteroatoms. The third kappa shape index (κ3) is 3.86. The van der Waals surface area contributed by atoms with E-state index >= 15 is 0 Å². The predicted molar refractivity (Wildman–Crippen MR) is 90.8 cm³/mol. The van der Waals surface area contributed by atoms with Crippen LogP contribution in [0, 0.1) is 0 Å². The Hall–Kier alpha value is -2.30. The van der Waals surface area contributed by atoms with E-state index in [0.29, 0.717) is 0 Å². The normalized spacial score (nSPS) is 27.3. The minimum Gasteiger partial charge on any atom is -0.480 e. The van der Waals surface area contributed by atoms with Crippen LogP contribution in [0.4, 0.5) is 0 Å². The zero-order valence-electron chi connectivity index (χ0n) is 14.1. The van der Waals surface area contributed by atoms with E-state index in [9.17, 15) is 24.3 Å². The maximum Gasteiger partial charge on any atom is 0.327 e. The van der Waals surface area contributed by atoms with E-state index in [1.165, 1.54) is 16.7 Å². The van der Waals surface area contributed by atoms with E-state index in [4.69, 9.17) is 5.73 Å². The van der Waals surface area contributed by atoms with Gasteiger partial charge in [-0.3, -0.25) is 19.4 Å². The van der Waals surface area contributed by atoms with Crippen molar-refractivity contribution in [3.63, 3.8) is 0 Å². The van der Waals surface area contributed by atoms with Crippen molar-refractivity contribution in [3.05, 3.63) is 0 Å². The van der Waals surface area contributed by atoms with Crippen LogP contribution >= 0.6 is 11.8 Å². The van der Waals surface area contributed by atoms with Gasteiger partial charge in [0, 0.05) is 4.75 Å². The molecule has 3 atom stereocenters. The number of hydrogen-bond donors (Lipinski definition) is 4. The molecule has 0 radical (unpaired) electrons. The number of nitrogens with one attached hydrogen (secondary N) is 2. The lowest BCUT2D eigenvalue weighted by molar-refractivity contribution is -0.161. The van der Waals surface area contributed by atoms with Crippen molar-refractivity contribution < 1.29 is 24.3 Å². The summed E-state index contributed by atoms with van der Waals surface area (Å²) >= 11 is 1.33. The Morgan fingerprint density at radius 3 is 2.56 bits per heavy atom. The van der Waals surface area contributed by atoms with Gasteiger partial charge in [0.05, 0.1) is 12.4 Å². The number of carbonyl (C=O) groups is 4. The van der Waals surface area contributed by atoms with Crippen LogP contribution in [0.1, 0.15) is 20.8 Å². The lowest BCUT2D eigenvalue weighted by atomic mass is 9.96. The van der Waals surface area contributed by atoms with E-state index < -0.39 is 45.9 Å². The number of fused-ring (bicyclic) bond motifs is 1. The molecule has 2 rings (SSSR count). The standard InChI is InChI=1S/C14H21N5O5S/c1-6(15)16-4-7(20)17-5-8(21)18-9-11(22)19-10(13(23)24)14(2,3)25-12(9)19/h9-10,12H,4-5H2,1-3H3,(H2,15,16)(H,17,20)(H,18,21)(H,23,24)/t9?,10-,12+/m0/s1. The number of aliphatic carboxylic acids is 1. The molecule has 0 aromatic rings. The van der Waals surface area contributed by atoms with Crippen LogP contribution in [0.25, 0.3) is 0 Å². The van der Waals surface area contributed by atoms with Crippen LogP contribution in [0.2, 0.25) is 0 Å². The Morgan fingerprint density at radius 1 is 1.36 bits per heavy atom. The Labute approximate surface area is 148 Å². The number of nitrogens with two attached hydrogens (primary N) is 1. The van der Waals surface area contributed by atoms with Crippen LogP contribution in [0.5, 0.6) is 0 Å². The molecule has 138 valence electrons. The van der Waals surface area contributed by atoms with Gasteiger partial charge in [-0.15, -0.1) is 11.8 Å². The molecule has 0 spiro atoms. The predicted octanol–water partition coefficient (Wildman–Crippen LogP) is -1.89. The first-order valence-corrected chi connectivity index (χ1v) is 8.48. The number of β-lactam (4-membered cyclic amide) rings is 1. The van der Waals surface area contributed by atoms with E-state index in [1.54, 1.807) is 20.8 Å². The third-order valence-corrected chi connectivity index (χ3v) is 5.48. The fourth-order valence-electron chi connectivity index (χ4n) is 2.80. The summed E-state index contributed by atoms with van der Waals surface area (Å²) in [6, 6.07) is -1.72. The highest BCUT2D eigenvalue weighted by Gasteiger charge is 2.64. The molecule has 0 bridgehead atoms. The molecule has 3 amide bonds. The van der Waals surface area contributed by atoms with Crippen molar-refractivity contribution in [1.29, 1.82) is 0 Å². The highest BCUT2D eigenvalue weighted by molar-refractivity contribution is 8.01. The van der Waals surface area contributed by atoms with Crippen molar-refractivity contribution in [3.8, 4) is 0 Å². The molecule has 2 saturated heterocycles. The Kier molecular flexibility index (Phi) is 5.26. The lowest BCUT2D eigenvalue weighted by Crippen LogP contribution is -2.71. The molecular formula is C14H21N5O5S. The van der Waals surface area contributed by atoms with Crippen molar-refractivity contribution in [2.75, 3.05) is 13.1 Å². The molecule has 5 N–H and O–H groups in total. The van der Waals surface area contributed by atoms with Gasteiger partial charge in [0.25, 0.3) is 0 Å². The summed E-state index contributed by atoms with van der Waals surface area (Å²) in [5.74, 6) is -2.24. The first-order valence-electron chi connectivity index (χ1n) is 7.60. The molecule has 2 aliphatic rings. The van der Waals surface area contributed by atoms with Crippen molar-refractivity contribution >= 4 is 41.3 Å².